The molecule has 2 rings (SSSR count). The molecule has 5 nitrogen and oxygen atoms in total. The largest absolute Gasteiger partial charge is 0.398 e. The fraction of sp³-hybridized carbons (Fsp3) is 0.500. The van der Waals surface area contributed by atoms with Crippen LogP contribution in [0.25, 0.3) is 0 Å². The quantitative estimate of drug-likeness (QED) is 0.796. The molecule has 100 valence electrons. The highest BCUT2D eigenvalue weighted by molar-refractivity contribution is 7.89. The van der Waals surface area contributed by atoms with Crippen LogP contribution in [0, 0.1) is 12.8 Å². The number of anilines is 1. The van der Waals surface area contributed by atoms with Crippen molar-refractivity contribution in [2.75, 3.05) is 25.5 Å². The number of hydrogen-bond donors (Lipinski definition) is 2. The van der Waals surface area contributed by atoms with Crippen molar-refractivity contribution in [3.63, 3.8) is 0 Å². The zero-order valence-corrected chi connectivity index (χ0v) is 11.2. The third-order valence-electron chi connectivity index (χ3n) is 3.04. The van der Waals surface area contributed by atoms with Crippen molar-refractivity contribution in [1.29, 1.82) is 0 Å². The van der Waals surface area contributed by atoms with Crippen LogP contribution in [0.1, 0.15) is 12.0 Å². The van der Waals surface area contributed by atoms with Gasteiger partial charge in [-0.2, -0.15) is 0 Å². The Bertz CT molecular complexity index is 522. The molecular formula is C12H18N2O3S. The molecule has 1 aromatic rings. The fourth-order valence-electron chi connectivity index (χ4n) is 1.96. The Kier molecular flexibility index (Phi) is 3.89. The summed E-state index contributed by atoms with van der Waals surface area (Å²) in [7, 11) is -3.53. The lowest BCUT2D eigenvalue weighted by molar-refractivity contribution is 0.186. The number of rotatable bonds is 4. The lowest BCUT2D eigenvalue weighted by atomic mass is 10.1. The van der Waals surface area contributed by atoms with E-state index in [0.29, 0.717) is 19.8 Å². The van der Waals surface area contributed by atoms with Crippen LogP contribution in [0.15, 0.2) is 23.1 Å². The van der Waals surface area contributed by atoms with Crippen molar-refractivity contribution >= 4 is 15.7 Å². The molecule has 0 amide bonds. The van der Waals surface area contributed by atoms with E-state index in [-0.39, 0.29) is 16.5 Å². The third-order valence-corrected chi connectivity index (χ3v) is 4.54. The number of aryl methyl sites for hydroxylation is 1. The first-order valence-electron chi connectivity index (χ1n) is 5.92. The van der Waals surface area contributed by atoms with Gasteiger partial charge in [-0.25, -0.2) is 13.1 Å². The van der Waals surface area contributed by atoms with E-state index >= 15 is 0 Å². The van der Waals surface area contributed by atoms with E-state index in [1.165, 1.54) is 6.07 Å². The maximum absolute atomic E-state index is 12.1. The van der Waals surface area contributed by atoms with Gasteiger partial charge in [0.05, 0.1) is 12.3 Å². The first-order valence-corrected chi connectivity index (χ1v) is 7.41. The second-order valence-electron chi connectivity index (χ2n) is 4.62. The molecule has 1 aliphatic rings. The topological polar surface area (TPSA) is 81.4 Å². The Morgan fingerprint density at radius 3 is 2.89 bits per heavy atom. The summed E-state index contributed by atoms with van der Waals surface area (Å²) in [4.78, 5) is 0.145. The average molecular weight is 270 g/mol. The van der Waals surface area contributed by atoms with Crippen LogP contribution in [-0.4, -0.2) is 28.2 Å². The van der Waals surface area contributed by atoms with Crippen LogP contribution in [0.2, 0.25) is 0 Å². The summed E-state index contributed by atoms with van der Waals surface area (Å²) in [6.07, 6.45) is 0.895. The summed E-state index contributed by atoms with van der Waals surface area (Å²) in [5, 5.41) is 0. The molecule has 1 atom stereocenters. The van der Waals surface area contributed by atoms with Crippen LogP contribution >= 0.6 is 0 Å². The summed E-state index contributed by atoms with van der Waals surface area (Å²) in [5.41, 5.74) is 6.97. The highest BCUT2D eigenvalue weighted by atomic mass is 32.2. The molecular weight excluding hydrogens is 252 g/mol. The van der Waals surface area contributed by atoms with E-state index in [2.05, 4.69) is 4.72 Å². The molecule has 1 heterocycles. The van der Waals surface area contributed by atoms with Crippen molar-refractivity contribution < 1.29 is 13.2 Å². The normalized spacial score (nSPS) is 20.2. The monoisotopic (exact) mass is 270 g/mol. The van der Waals surface area contributed by atoms with Gasteiger partial charge in [0.2, 0.25) is 10.0 Å². The highest BCUT2D eigenvalue weighted by Gasteiger charge is 2.21. The number of nitrogens with one attached hydrogen (secondary N) is 1. The van der Waals surface area contributed by atoms with Gasteiger partial charge in [0.15, 0.2) is 0 Å². The Morgan fingerprint density at radius 2 is 2.28 bits per heavy atom. The zero-order valence-electron chi connectivity index (χ0n) is 10.3. The molecule has 1 unspecified atom stereocenters. The summed E-state index contributed by atoms with van der Waals surface area (Å²) >= 11 is 0. The van der Waals surface area contributed by atoms with Crippen molar-refractivity contribution in [2.45, 2.75) is 18.2 Å². The predicted molar refractivity (Wildman–Crippen MR) is 69.7 cm³/mol. The van der Waals surface area contributed by atoms with Crippen LogP contribution in [0.5, 0.6) is 0 Å². The first kappa shape index (κ1) is 13.3. The smallest absolute Gasteiger partial charge is 0.242 e. The fourth-order valence-corrected chi connectivity index (χ4v) is 3.19. The van der Waals surface area contributed by atoms with E-state index < -0.39 is 10.0 Å². The number of nitrogen functional groups attached to an aromatic ring is 1. The Balaban J connectivity index is 2.09. The van der Waals surface area contributed by atoms with Gasteiger partial charge >= 0.3 is 0 Å². The molecule has 18 heavy (non-hydrogen) atoms. The van der Waals surface area contributed by atoms with Crippen molar-refractivity contribution in [3.8, 4) is 0 Å². The van der Waals surface area contributed by atoms with Crippen molar-refractivity contribution in [1.82, 2.24) is 4.72 Å². The van der Waals surface area contributed by atoms with Gasteiger partial charge in [-0.3, -0.25) is 0 Å². The number of nitrogens with two attached hydrogens (primary N) is 1. The Hall–Kier alpha value is -1.11. The molecule has 1 aromatic carbocycles. The maximum atomic E-state index is 12.1. The van der Waals surface area contributed by atoms with Gasteiger partial charge in [0.1, 0.15) is 4.90 Å². The minimum absolute atomic E-state index is 0.145. The molecule has 0 aliphatic carbocycles. The third kappa shape index (κ3) is 3.01. The lowest BCUT2D eigenvalue weighted by Gasteiger charge is -2.12. The Morgan fingerprint density at radius 1 is 1.50 bits per heavy atom. The summed E-state index contributed by atoms with van der Waals surface area (Å²) in [6.45, 7) is 3.59. The SMILES string of the molecule is Cc1ccc(S(=O)(=O)NCC2CCOC2)c(N)c1. The molecule has 0 bridgehead atoms. The van der Waals surface area contributed by atoms with Crippen LogP contribution in [0.4, 0.5) is 5.69 Å². The minimum atomic E-state index is -3.53. The molecule has 1 fully saturated rings. The van der Waals surface area contributed by atoms with Gasteiger partial charge in [0.25, 0.3) is 0 Å². The van der Waals surface area contributed by atoms with E-state index in [4.69, 9.17) is 10.5 Å². The van der Waals surface area contributed by atoms with Crippen LogP contribution in [-0.2, 0) is 14.8 Å². The highest BCUT2D eigenvalue weighted by Crippen LogP contribution is 2.20. The average Bonchev–Trinajstić information content (AvgIpc) is 2.78. The van der Waals surface area contributed by atoms with E-state index in [1.54, 1.807) is 12.1 Å². The zero-order chi connectivity index (χ0) is 13.2. The standard InChI is InChI=1S/C12H18N2O3S/c1-9-2-3-12(11(13)6-9)18(15,16)14-7-10-4-5-17-8-10/h2-3,6,10,14H,4-5,7-8,13H2,1H3. The molecule has 0 spiro atoms. The molecule has 1 saturated heterocycles. The van der Waals surface area contributed by atoms with E-state index in [9.17, 15) is 8.42 Å². The number of benzene rings is 1. The molecule has 1 aliphatic heterocycles. The van der Waals surface area contributed by atoms with Crippen molar-refractivity contribution in [3.05, 3.63) is 23.8 Å². The molecule has 0 aromatic heterocycles. The number of hydrogen-bond acceptors (Lipinski definition) is 4. The van der Waals surface area contributed by atoms with E-state index in [1.807, 2.05) is 6.92 Å². The minimum Gasteiger partial charge on any atom is -0.398 e. The Labute approximate surface area is 107 Å². The molecule has 0 saturated carbocycles. The molecule has 0 radical (unpaired) electrons. The summed E-state index contributed by atoms with van der Waals surface area (Å²) in [5.74, 6) is 0.256. The molecule has 6 heteroatoms. The maximum Gasteiger partial charge on any atom is 0.242 e. The number of sulfonamides is 1. The van der Waals surface area contributed by atoms with E-state index in [0.717, 1.165) is 12.0 Å². The molecule has 3 N–H and O–H groups in total. The van der Waals surface area contributed by atoms with Gasteiger partial charge in [-0.15, -0.1) is 0 Å². The van der Waals surface area contributed by atoms with Gasteiger partial charge < -0.3 is 10.5 Å². The second kappa shape index (κ2) is 5.26. The van der Waals surface area contributed by atoms with Gasteiger partial charge in [-0.05, 0) is 37.0 Å². The first-order chi connectivity index (χ1) is 8.49. The van der Waals surface area contributed by atoms with Crippen LogP contribution in [0.3, 0.4) is 0 Å². The van der Waals surface area contributed by atoms with Crippen molar-refractivity contribution in [2.24, 2.45) is 5.92 Å². The number of ether oxygens (including phenoxy) is 1. The van der Waals surface area contributed by atoms with Gasteiger partial charge in [0, 0.05) is 13.2 Å². The second-order valence-corrected chi connectivity index (χ2v) is 6.36. The predicted octanol–water partition coefficient (Wildman–Crippen LogP) is 0.892. The summed E-state index contributed by atoms with van der Waals surface area (Å²) < 4.78 is 32.0. The lowest BCUT2D eigenvalue weighted by Crippen LogP contribution is -2.30. The summed E-state index contributed by atoms with van der Waals surface area (Å²) in [6, 6.07) is 4.94. The van der Waals surface area contributed by atoms with Gasteiger partial charge in [-0.1, -0.05) is 6.07 Å². The van der Waals surface area contributed by atoms with Crippen LogP contribution < -0.4 is 10.5 Å².